The van der Waals surface area contributed by atoms with E-state index < -0.39 is 11.7 Å². The first-order valence-electron chi connectivity index (χ1n) is 10.3. The lowest BCUT2D eigenvalue weighted by molar-refractivity contribution is -0.137. The fourth-order valence-corrected chi connectivity index (χ4v) is 3.97. The molecule has 1 atom stereocenters. The second-order valence-corrected chi connectivity index (χ2v) is 7.76. The molecule has 1 aromatic carbocycles. The van der Waals surface area contributed by atoms with E-state index in [1.54, 1.807) is 12.3 Å². The number of nitrogens with zero attached hydrogens (tertiary/aromatic N) is 4. The summed E-state index contributed by atoms with van der Waals surface area (Å²) < 4.78 is 44.3. The molecule has 1 aromatic heterocycles. The number of anilines is 2. The van der Waals surface area contributed by atoms with Crippen LogP contribution in [0.3, 0.4) is 0 Å². The lowest BCUT2D eigenvalue weighted by Crippen LogP contribution is -2.42. The summed E-state index contributed by atoms with van der Waals surface area (Å²) in [4.78, 5) is 13.3. The molecule has 9 heteroatoms. The van der Waals surface area contributed by atoms with Gasteiger partial charge in [0, 0.05) is 38.4 Å². The van der Waals surface area contributed by atoms with Crippen molar-refractivity contribution in [1.82, 2.24) is 14.9 Å². The summed E-state index contributed by atoms with van der Waals surface area (Å²) in [5.74, 6) is 1.47. The van der Waals surface area contributed by atoms with Crippen LogP contribution >= 0.6 is 0 Å². The molecule has 0 radical (unpaired) electrons. The normalized spacial score (nSPS) is 20.9. The van der Waals surface area contributed by atoms with Crippen molar-refractivity contribution in [2.45, 2.75) is 31.6 Å². The van der Waals surface area contributed by atoms with Crippen molar-refractivity contribution in [3.63, 3.8) is 0 Å². The maximum atomic E-state index is 13.0. The molecule has 0 aliphatic carbocycles. The van der Waals surface area contributed by atoms with Crippen LogP contribution in [-0.2, 0) is 17.5 Å². The van der Waals surface area contributed by atoms with Gasteiger partial charge in [0.25, 0.3) is 0 Å². The number of piperidine rings is 1. The summed E-state index contributed by atoms with van der Waals surface area (Å²) >= 11 is 0. The number of morpholine rings is 1. The molecule has 0 saturated carbocycles. The molecule has 2 aliphatic rings. The van der Waals surface area contributed by atoms with Crippen molar-refractivity contribution in [3.8, 4) is 0 Å². The van der Waals surface area contributed by atoms with E-state index in [1.165, 1.54) is 12.1 Å². The second-order valence-electron chi connectivity index (χ2n) is 7.76. The first-order chi connectivity index (χ1) is 14.5. The molecular weight excluding hydrogens is 395 g/mol. The molecule has 1 N–H and O–H groups in total. The van der Waals surface area contributed by atoms with Gasteiger partial charge in [-0.15, -0.1) is 0 Å². The molecule has 162 valence electrons. The number of hydrogen-bond donors (Lipinski definition) is 1. The average Bonchev–Trinajstić information content (AvgIpc) is 2.74. The van der Waals surface area contributed by atoms with Crippen molar-refractivity contribution in [2.24, 2.45) is 0 Å². The van der Waals surface area contributed by atoms with Gasteiger partial charge in [0.1, 0.15) is 5.82 Å². The van der Waals surface area contributed by atoms with Crippen molar-refractivity contribution in [3.05, 3.63) is 47.7 Å². The third-order valence-corrected chi connectivity index (χ3v) is 5.45. The number of rotatable bonds is 5. The summed E-state index contributed by atoms with van der Waals surface area (Å²) in [7, 11) is 0. The van der Waals surface area contributed by atoms with Crippen LogP contribution in [0.25, 0.3) is 0 Å². The van der Waals surface area contributed by atoms with Gasteiger partial charge in [-0.1, -0.05) is 18.2 Å². The van der Waals surface area contributed by atoms with E-state index in [9.17, 15) is 13.2 Å². The Hall–Kier alpha value is -2.39. The van der Waals surface area contributed by atoms with E-state index in [0.717, 1.165) is 50.9 Å². The summed E-state index contributed by atoms with van der Waals surface area (Å²) in [6.45, 7) is 5.03. The van der Waals surface area contributed by atoms with Crippen molar-refractivity contribution in [1.29, 1.82) is 0 Å². The van der Waals surface area contributed by atoms with E-state index >= 15 is 0 Å². The van der Waals surface area contributed by atoms with E-state index in [2.05, 4.69) is 25.1 Å². The maximum Gasteiger partial charge on any atom is 0.416 e. The third-order valence-electron chi connectivity index (χ3n) is 5.45. The Balaban J connectivity index is 1.36. The zero-order chi connectivity index (χ0) is 21.0. The van der Waals surface area contributed by atoms with Crippen LogP contribution < -0.4 is 10.2 Å². The van der Waals surface area contributed by atoms with Crippen LogP contribution in [0.1, 0.15) is 24.0 Å². The van der Waals surface area contributed by atoms with E-state index in [4.69, 9.17) is 4.74 Å². The van der Waals surface area contributed by atoms with Gasteiger partial charge in [-0.2, -0.15) is 18.2 Å². The summed E-state index contributed by atoms with van der Waals surface area (Å²) in [5.41, 5.74) is 0.0884. The Morgan fingerprint density at radius 1 is 1.13 bits per heavy atom. The maximum absolute atomic E-state index is 13.0. The summed E-state index contributed by atoms with van der Waals surface area (Å²) in [6.07, 6.45) is -0.579. The molecule has 2 fully saturated rings. The largest absolute Gasteiger partial charge is 0.416 e. The predicted octanol–water partition coefficient (Wildman–Crippen LogP) is 3.41. The number of nitrogens with one attached hydrogen (secondary N) is 1. The minimum atomic E-state index is -4.31. The average molecular weight is 421 g/mol. The Labute approximate surface area is 174 Å². The number of hydrogen-bond acceptors (Lipinski definition) is 6. The molecule has 30 heavy (non-hydrogen) atoms. The Morgan fingerprint density at radius 3 is 2.77 bits per heavy atom. The topological polar surface area (TPSA) is 53.5 Å². The Kier molecular flexibility index (Phi) is 6.38. The Bertz CT molecular complexity index is 841. The number of halogens is 3. The van der Waals surface area contributed by atoms with Crippen LogP contribution in [0.2, 0.25) is 0 Å². The molecule has 4 rings (SSSR count). The molecule has 2 aliphatic heterocycles. The minimum absolute atomic E-state index is 0.192. The zero-order valence-electron chi connectivity index (χ0n) is 16.7. The predicted molar refractivity (Wildman–Crippen MR) is 108 cm³/mol. The molecule has 1 unspecified atom stereocenters. The van der Waals surface area contributed by atoms with Crippen molar-refractivity contribution < 1.29 is 17.9 Å². The highest BCUT2D eigenvalue weighted by Gasteiger charge is 2.30. The summed E-state index contributed by atoms with van der Waals surface area (Å²) in [5, 5.41) is 3.48. The van der Waals surface area contributed by atoms with E-state index in [-0.39, 0.29) is 6.04 Å². The zero-order valence-corrected chi connectivity index (χ0v) is 16.7. The van der Waals surface area contributed by atoms with Gasteiger partial charge in [-0.25, -0.2) is 4.98 Å². The van der Waals surface area contributed by atoms with Gasteiger partial charge in [-0.05, 0) is 37.1 Å². The highest BCUT2D eigenvalue weighted by molar-refractivity contribution is 5.42. The first-order valence-corrected chi connectivity index (χ1v) is 10.3. The van der Waals surface area contributed by atoms with Crippen LogP contribution in [0.15, 0.2) is 36.5 Å². The standard InChI is InChI=1S/C21H26F3N5O/c22-21(23,24)17-4-1-3-16(13-17)14-28-8-2-5-18(15-28)26-19-6-7-25-20(27-19)29-9-11-30-12-10-29/h1,3-4,6-7,13,18H,2,5,8-12,14-15H2,(H,25,26,27). The fourth-order valence-electron chi connectivity index (χ4n) is 3.97. The van der Waals surface area contributed by atoms with Crippen LogP contribution in [0, 0.1) is 0 Å². The molecule has 2 saturated heterocycles. The lowest BCUT2D eigenvalue weighted by atomic mass is 10.0. The molecule has 0 spiro atoms. The number of benzene rings is 1. The van der Waals surface area contributed by atoms with E-state index in [1.807, 2.05) is 6.07 Å². The van der Waals surface area contributed by atoms with Gasteiger partial charge >= 0.3 is 6.18 Å². The number of aromatic nitrogens is 2. The molecule has 6 nitrogen and oxygen atoms in total. The van der Waals surface area contributed by atoms with Gasteiger partial charge in [-0.3, -0.25) is 4.90 Å². The molecule has 2 aromatic rings. The highest BCUT2D eigenvalue weighted by atomic mass is 19.4. The highest BCUT2D eigenvalue weighted by Crippen LogP contribution is 2.30. The van der Waals surface area contributed by atoms with Crippen LogP contribution in [0.4, 0.5) is 24.9 Å². The van der Waals surface area contributed by atoms with E-state index in [0.29, 0.717) is 31.3 Å². The van der Waals surface area contributed by atoms with Gasteiger partial charge in [0.05, 0.1) is 18.8 Å². The Morgan fingerprint density at radius 2 is 1.97 bits per heavy atom. The number of ether oxygens (including phenoxy) is 1. The second kappa shape index (κ2) is 9.18. The lowest BCUT2D eigenvalue weighted by Gasteiger charge is -2.33. The van der Waals surface area contributed by atoms with Gasteiger partial charge < -0.3 is 15.0 Å². The van der Waals surface area contributed by atoms with Gasteiger partial charge in [0.15, 0.2) is 0 Å². The summed E-state index contributed by atoms with van der Waals surface area (Å²) in [6, 6.07) is 7.64. The van der Waals surface area contributed by atoms with Crippen LogP contribution in [0.5, 0.6) is 0 Å². The quantitative estimate of drug-likeness (QED) is 0.799. The smallest absolute Gasteiger partial charge is 0.378 e. The molecule has 3 heterocycles. The first kappa shape index (κ1) is 20.9. The number of likely N-dealkylation sites (tertiary alicyclic amines) is 1. The van der Waals surface area contributed by atoms with Crippen LogP contribution in [-0.4, -0.2) is 60.3 Å². The third kappa shape index (κ3) is 5.40. The van der Waals surface area contributed by atoms with Crippen molar-refractivity contribution in [2.75, 3.05) is 49.6 Å². The minimum Gasteiger partial charge on any atom is -0.378 e. The molecule has 0 amide bonds. The molecule has 0 bridgehead atoms. The van der Waals surface area contributed by atoms with Crippen molar-refractivity contribution >= 4 is 11.8 Å². The molecular formula is C21H26F3N5O. The monoisotopic (exact) mass is 421 g/mol. The fraction of sp³-hybridized carbons (Fsp3) is 0.524. The van der Waals surface area contributed by atoms with Gasteiger partial charge in [0.2, 0.25) is 5.95 Å². The number of alkyl halides is 3. The SMILES string of the molecule is FC(F)(F)c1cccc(CN2CCCC(Nc3ccnc(N4CCOCC4)n3)C2)c1.